The summed E-state index contributed by atoms with van der Waals surface area (Å²) in [7, 11) is 0. The lowest BCUT2D eigenvalue weighted by Gasteiger charge is -1.97. The topological polar surface area (TPSA) is 70.7 Å². The molecule has 0 unspecified atom stereocenters. The van der Waals surface area contributed by atoms with Crippen molar-refractivity contribution in [1.29, 1.82) is 0 Å². The molecule has 1 heterocycles. The summed E-state index contributed by atoms with van der Waals surface area (Å²) in [5.74, 6) is 1.06. The third-order valence-electron chi connectivity index (χ3n) is 1.84. The van der Waals surface area contributed by atoms with E-state index in [2.05, 4.69) is 20.5 Å². The molecule has 12 heavy (non-hydrogen) atoms. The van der Waals surface area contributed by atoms with Crippen LogP contribution >= 0.6 is 0 Å². The minimum Gasteiger partial charge on any atom is -0.295 e. The minimum absolute atomic E-state index is 0.0225. The summed E-state index contributed by atoms with van der Waals surface area (Å²) >= 11 is 0. The number of nitrogens with one attached hydrogen (secondary N) is 2. The lowest BCUT2D eigenvalue weighted by molar-refractivity contribution is -0.116. The second kappa shape index (κ2) is 2.92. The number of carbonyl (C=O) groups is 1. The molecule has 64 valence electrons. The molecule has 0 aliphatic heterocycles. The Morgan fingerprint density at radius 1 is 1.75 bits per heavy atom. The van der Waals surface area contributed by atoms with Crippen LogP contribution in [0.3, 0.4) is 0 Å². The molecular weight excluding hydrogens is 156 g/mol. The van der Waals surface area contributed by atoms with Crippen molar-refractivity contribution in [3.05, 3.63) is 6.33 Å². The number of aromatic nitrogens is 3. The molecule has 0 radical (unpaired) electrons. The number of nitrogens with zero attached hydrogens (tertiary/aromatic N) is 2. The van der Waals surface area contributed by atoms with E-state index in [-0.39, 0.29) is 5.91 Å². The van der Waals surface area contributed by atoms with Gasteiger partial charge in [-0.3, -0.25) is 10.1 Å². The van der Waals surface area contributed by atoms with Gasteiger partial charge in [0.1, 0.15) is 6.33 Å². The van der Waals surface area contributed by atoms with Crippen molar-refractivity contribution < 1.29 is 4.79 Å². The van der Waals surface area contributed by atoms with Crippen molar-refractivity contribution >= 4 is 11.9 Å². The SMILES string of the molecule is O=C(CC1CC1)Nc1ncn[nH]1. The van der Waals surface area contributed by atoms with Crippen LogP contribution in [0.25, 0.3) is 0 Å². The van der Waals surface area contributed by atoms with Crippen molar-refractivity contribution in [2.75, 3.05) is 5.32 Å². The molecule has 5 heteroatoms. The average Bonchev–Trinajstić information content (AvgIpc) is 2.66. The zero-order chi connectivity index (χ0) is 8.39. The van der Waals surface area contributed by atoms with Crippen molar-refractivity contribution in [1.82, 2.24) is 15.2 Å². The normalized spacial score (nSPS) is 16.0. The number of amides is 1. The number of rotatable bonds is 3. The highest BCUT2D eigenvalue weighted by Gasteiger charge is 2.24. The van der Waals surface area contributed by atoms with Gasteiger partial charge in [-0.1, -0.05) is 0 Å². The summed E-state index contributed by atoms with van der Waals surface area (Å²) in [5.41, 5.74) is 0. The molecule has 1 fully saturated rings. The van der Waals surface area contributed by atoms with Crippen molar-refractivity contribution in [3.8, 4) is 0 Å². The van der Waals surface area contributed by atoms with E-state index in [0.29, 0.717) is 18.3 Å². The van der Waals surface area contributed by atoms with Gasteiger partial charge in [0.15, 0.2) is 0 Å². The maximum atomic E-state index is 11.2. The quantitative estimate of drug-likeness (QED) is 0.688. The second-order valence-electron chi connectivity index (χ2n) is 3.03. The van der Waals surface area contributed by atoms with E-state index in [9.17, 15) is 4.79 Å². The van der Waals surface area contributed by atoms with E-state index in [1.165, 1.54) is 19.2 Å². The standard InChI is InChI=1S/C7H10N4O/c12-6(3-5-1-2-5)10-7-8-4-9-11-7/h4-5H,1-3H2,(H2,8,9,10,11,12). The molecule has 0 atom stereocenters. The first-order valence-electron chi connectivity index (χ1n) is 4.00. The molecule has 0 saturated heterocycles. The molecule has 0 spiro atoms. The summed E-state index contributed by atoms with van der Waals surface area (Å²) in [6, 6.07) is 0. The van der Waals surface area contributed by atoms with Crippen molar-refractivity contribution in [2.45, 2.75) is 19.3 Å². The Bertz CT molecular complexity index is 265. The van der Waals surface area contributed by atoms with Crippen LogP contribution in [0.5, 0.6) is 0 Å². The molecule has 0 aromatic carbocycles. The molecule has 5 nitrogen and oxygen atoms in total. The van der Waals surface area contributed by atoms with E-state index in [4.69, 9.17) is 0 Å². The van der Waals surface area contributed by atoms with E-state index >= 15 is 0 Å². The first-order chi connectivity index (χ1) is 5.84. The van der Waals surface area contributed by atoms with Crippen LogP contribution in [0, 0.1) is 5.92 Å². The summed E-state index contributed by atoms with van der Waals surface area (Å²) in [4.78, 5) is 14.9. The van der Waals surface area contributed by atoms with E-state index in [0.717, 1.165) is 0 Å². The predicted octanol–water partition coefficient (Wildman–Crippen LogP) is 0.543. The maximum Gasteiger partial charge on any atom is 0.226 e. The van der Waals surface area contributed by atoms with Crippen LogP contribution in [-0.2, 0) is 4.79 Å². The molecule has 1 saturated carbocycles. The lowest BCUT2D eigenvalue weighted by atomic mass is 10.3. The molecule has 0 bridgehead atoms. The van der Waals surface area contributed by atoms with Gasteiger partial charge in [0.25, 0.3) is 0 Å². The average molecular weight is 166 g/mol. The highest BCUT2D eigenvalue weighted by atomic mass is 16.1. The first-order valence-corrected chi connectivity index (χ1v) is 4.00. The van der Waals surface area contributed by atoms with E-state index in [1.54, 1.807) is 0 Å². The van der Waals surface area contributed by atoms with Crippen molar-refractivity contribution in [3.63, 3.8) is 0 Å². The zero-order valence-corrected chi connectivity index (χ0v) is 6.58. The molecule has 2 N–H and O–H groups in total. The lowest BCUT2D eigenvalue weighted by Crippen LogP contribution is -2.12. The Morgan fingerprint density at radius 2 is 2.58 bits per heavy atom. The number of H-pyrrole nitrogens is 1. The number of hydrogen-bond donors (Lipinski definition) is 2. The maximum absolute atomic E-state index is 11.2. The summed E-state index contributed by atoms with van der Waals surface area (Å²) in [5, 5.41) is 8.81. The summed E-state index contributed by atoms with van der Waals surface area (Å²) in [6.07, 6.45) is 4.35. The van der Waals surface area contributed by atoms with Crippen LogP contribution in [-0.4, -0.2) is 21.1 Å². The molecular formula is C7H10N4O. The smallest absolute Gasteiger partial charge is 0.226 e. The number of aromatic amines is 1. The Kier molecular flexibility index (Phi) is 1.77. The molecule has 1 aliphatic rings. The van der Waals surface area contributed by atoms with Gasteiger partial charge in [-0.25, -0.2) is 5.10 Å². The van der Waals surface area contributed by atoms with Gasteiger partial charge in [0.2, 0.25) is 11.9 Å². The number of carbonyl (C=O) groups excluding carboxylic acids is 1. The Morgan fingerprint density at radius 3 is 3.17 bits per heavy atom. The molecule has 1 aliphatic carbocycles. The zero-order valence-electron chi connectivity index (χ0n) is 6.58. The predicted molar refractivity (Wildman–Crippen MR) is 42.4 cm³/mol. The van der Waals surface area contributed by atoms with Gasteiger partial charge in [-0.2, -0.15) is 10.1 Å². The van der Waals surface area contributed by atoms with E-state index < -0.39 is 0 Å². The minimum atomic E-state index is 0.0225. The second-order valence-corrected chi connectivity index (χ2v) is 3.03. The van der Waals surface area contributed by atoms with Gasteiger partial charge >= 0.3 is 0 Å². The van der Waals surface area contributed by atoms with Gasteiger partial charge in [-0.15, -0.1) is 0 Å². The highest BCUT2D eigenvalue weighted by Crippen LogP contribution is 2.32. The van der Waals surface area contributed by atoms with Crippen LogP contribution in [0.15, 0.2) is 6.33 Å². The van der Waals surface area contributed by atoms with E-state index in [1.807, 2.05) is 0 Å². The molecule has 2 rings (SSSR count). The monoisotopic (exact) mass is 166 g/mol. The molecule has 1 amide bonds. The first kappa shape index (κ1) is 7.27. The van der Waals surface area contributed by atoms with Crippen LogP contribution < -0.4 is 5.32 Å². The Balaban J connectivity index is 1.82. The fraction of sp³-hybridized carbons (Fsp3) is 0.571. The van der Waals surface area contributed by atoms with Gasteiger partial charge < -0.3 is 0 Å². The third-order valence-corrected chi connectivity index (χ3v) is 1.84. The van der Waals surface area contributed by atoms with Crippen LogP contribution in [0.4, 0.5) is 5.95 Å². The third kappa shape index (κ3) is 1.81. The molecule has 1 aromatic heterocycles. The summed E-state index contributed by atoms with van der Waals surface area (Å²) in [6.45, 7) is 0. The summed E-state index contributed by atoms with van der Waals surface area (Å²) < 4.78 is 0. The Labute approximate surface area is 69.6 Å². The number of hydrogen-bond acceptors (Lipinski definition) is 3. The largest absolute Gasteiger partial charge is 0.295 e. The number of anilines is 1. The highest BCUT2D eigenvalue weighted by molar-refractivity contribution is 5.89. The fourth-order valence-corrected chi connectivity index (χ4v) is 1.03. The van der Waals surface area contributed by atoms with Gasteiger partial charge in [-0.05, 0) is 18.8 Å². The Hall–Kier alpha value is -1.39. The van der Waals surface area contributed by atoms with Crippen molar-refractivity contribution in [2.24, 2.45) is 5.92 Å². The van der Waals surface area contributed by atoms with Crippen LogP contribution in [0.1, 0.15) is 19.3 Å². The molecule has 1 aromatic rings. The van der Waals surface area contributed by atoms with Gasteiger partial charge in [0.05, 0.1) is 0 Å². The van der Waals surface area contributed by atoms with Crippen LogP contribution in [0.2, 0.25) is 0 Å². The fourth-order valence-electron chi connectivity index (χ4n) is 1.03. The van der Waals surface area contributed by atoms with Gasteiger partial charge in [0, 0.05) is 6.42 Å².